The highest BCUT2D eigenvalue weighted by Crippen LogP contribution is 2.28. The lowest BCUT2D eigenvalue weighted by atomic mass is 10.0. The van der Waals surface area contributed by atoms with Gasteiger partial charge in [-0.3, -0.25) is 0 Å². The summed E-state index contributed by atoms with van der Waals surface area (Å²) < 4.78 is 0.957. The summed E-state index contributed by atoms with van der Waals surface area (Å²) in [4.78, 5) is 0. The average molecular weight is 275 g/mol. The molecule has 1 atom stereocenters. The van der Waals surface area contributed by atoms with Crippen molar-refractivity contribution in [2.45, 2.75) is 19.4 Å². The molecule has 1 aromatic rings. The van der Waals surface area contributed by atoms with Crippen LogP contribution >= 0.6 is 27.5 Å². The Labute approximate surface area is 98.1 Å². The van der Waals surface area contributed by atoms with E-state index in [1.54, 1.807) is 0 Å². The number of halogens is 2. The molecule has 2 N–H and O–H groups in total. The quantitative estimate of drug-likeness (QED) is 0.826. The summed E-state index contributed by atoms with van der Waals surface area (Å²) in [5.41, 5.74) is 8.16. The molecule has 0 bridgehead atoms. The molecule has 14 heavy (non-hydrogen) atoms. The van der Waals surface area contributed by atoms with Gasteiger partial charge in [-0.15, -0.1) is 6.58 Å². The largest absolute Gasteiger partial charge is 0.324 e. The van der Waals surface area contributed by atoms with E-state index in [-0.39, 0.29) is 6.04 Å². The molecule has 1 nitrogen and oxygen atoms in total. The number of hydrogen-bond acceptors (Lipinski definition) is 1. The zero-order chi connectivity index (χ0) is 10.7. The molecule has 3 heteroatoms. The number of nitrogens with two attached hydrogens (primary N) is 1. The smallest absolute Gasteiger partial charge is 0.0417 e. The van der Waals surface area contributed by atoms with E-state index in [1.807, 2.05) is 25.1 Å². The summed E-state index contributed by atoms with van der Waals surface area (Å²) in [5, 5.41) is 0.711. The Balaban J connectivity index is 2.90. The van der Waals surface area contributed by atoms with E-state index < -0.39 is 0 Å². The zero-order valence-electron chi connectivity index (χ0n) is 8.06. The van der Waals surface area contributed by atoms with Gasteiger partial charge in [0.05, 0.1) is 0 Å². The van der Waals surface area contributed by atoms with E-state index in [4.69, 9.17) is 17.3 Å². The molecule has 1 aromatic carbocycles. The molecule has 0 radical (unpaired) electrons. The van der Waals surface area contributed by atoms with Crippen molar-refractivity contribution in [3.05, 3.63) is 45.4 Å². The summed E-state index contributed by atoms with van der Waals surface area (Å²) in [7, 11) is 0. The Kier molecular flexibility index (Phi) is 4.17. The van der Waals surface area contributed by atoms with Crippen LogP contribution in [0.4, 0.5) is 0 Å². The Hall–Kier alpha value is -0.310. The highest BCUT2D eigenvalue weighted by atomic mass is 79.9. The molecule has 76 valence electrons. The van der Waals surface area contributed by atoms with Crippen molar-refractivity contribution in [1.82, 2.24) is 0 Å². The number of rotatable bonds is 3. The van der Waals surface area contributed by atoms with Gasteiger partial charge in [-0.2, -0.15) is 0 Å². The van der Waals surface area contributed by atoms with Crippen LogP contribution in [0, 0.1) is 0 Å². The lowest BCUT2D eigenvalue weighted by Crippen LogP contribution is -2.10. The van der Waals surface area contributed by atoms with E-state index in [1.165, 1.54) is 0 Å². The minimum Gasteiger partial charge on any atom is -0.324 e. The van der Waals surface area contributed by atoms with Crippen LogP contribution in [0.1, 0.15) is 24.9 Å². The monoisotopic (exact) mass is 273 g/mol. The fraction of sp³-hybridized carbons (Fsp3) is 0.273. The predicted octanol–water partition coefficient (Wildman–Crippen LogP) is 4.07. The van der Waals surface area contributed by atoms with Gasteiger partial charge in [-0.1, -0.05) is 39.2 Å². The van der Waals surface area contributed by atoms with Crippen LogP contribution in [0.2, 0.25) is 5.02 Å². The van der Waals surface area contributed by atoms with Gasteiger partial charge in [0, 0.05) is 15.5 Å². The number of hydrogen-bond donors (Lipinski definition) is 1. The molecule has 0 aromatic heterocycles. The third kappa shape index (κ3) is 3.12. The molecule has 0 aliphatic carbocycles. The van der Waals surface area contributed by atoms with E-state index >= 15 is 0 Å². The Morgan fingerprint density at radius 1 is 1.64 bits per heavy atom. The van der Waals surface area contributed by atoms with Crippen molar-refractivity contribution in [3.8, 4) is 0 Å². The van der Waals surface area contributed by atoms with Gasteiger partial charge in [0.25, 0.3) is 0 Å². The highest BCUT2D eigenvalue weighted by Gasteiger charge is 2.09. The lowest BCUT2D eigenvalue weighted by Gasteiger charge is -2.13. The maximum Gasteiger partial charge on any atom is 0.0417 e. The summed E-state index contributed by atoms with van der Waals surface area (Å²) in [5.74, 6) is 0. The molecule has 0 amide bonds. The first-order chi connectivity index (χ1) is 6.50. The van der Waals surface area contributed by atoms with Gasteiger partial charge < -0.3 is 5.73 Å². The number of benzene rings is 1. The normalized spacial score (nSPS) is 12.6. The van der Waals surface area contributed by atoms with Crippen molar-refractivity contribution >= 4 is 27.5 Å². The third-order valence-electron chi connectivity index (χ3n) is 1.93. The van der Waals surface area contributed by atoms with Crippen molar-refractivity contribution in [1.29, 1.82) is 0 Å². The lowest BCUT2D eigenvalue weighted by molar-refractivity contribution is 0.714. The SMILES string of the molecule is C=C(C)CC(N)c1ccc(Cl)cc1Br. The first-order valence-electron chi connectivity index (χ1n) is 4.35. The van der Waals surface area contributed by atoms with Gasteiger partial charge >= 0.3 is 0 Å². The van der Waals surface area contributed by atoms with Crippen LogP contribution in [0.5, 0.6) is 0 Å². The topological polar surface area (TPSA) is 26.0 Å². The summed E-state index contributed by atoms with van der Waals surface area (Å²) in [6, 6.07) is 5.63. The van der Waals surface area contributed by atoms with E-state index in [2.05, 4.69) is 22.5 Å². The van der Waals surface area contributed by atoms with Crippen LogP contribution in [-0.2, 0) is 0 Å². The van der Waals surface area contributed by atoms with Crippen LogP contribution < -0.4 is 5.73 Å². The van der Waals surface area contributed by atoms with Gasteiger partial charge in [0.1, 0.15) is 0 Å². The summed E-state index contributed by atoms with van der Waals surface area (Å²) in [6.45, 7) is 5.82. The highest BCUT2D eigenvalue weighted by molar-refractivity contribution is 9.10. The maximum atomic E-state index is 6.01. The van der Waals surface area contributed by atoms with Crippen molar-refractivity contribution in [2.75, 3.05) is 0 Å². The molecule has 0 aliphatic heterocycles. The first kappa shape index (κ1) is 11.8. The van der Waals surface area contributed by atoms with E-state index in [0.717, 1.165) is 22.0 Å². The van der Waals surface area contributed by atoms with E-state index in [0.29, 0.717) is 5.02 Å². The van der Waals surface area contributed by atoms with Gasteiger partial charge in [0.15, 0.2) is 0 Å². The standard InChI is InChI=1S/C11H13BrClN/c1-7(2)5-11(14)9-4-3-8(13)6-10(9)12/h3-4,6,11H,1,5,14H2,2H3. The molecule has 0 aliphatic rings. The Bertz CT molecular complexity index is 349. The van der Waals surface area contributed by atoms with Crippen molar-refractivity contribution < 1.29 is 0 Å². The average Bonchev–Trinajstić information content (AvgIpc) is 2.01. The summed E-state index contributed by atoms with van der Waals surface area (Å²) in [6.07, 6.45) is 0.792. The second-order valence-corrected chi connectivity index (χ2v) is 4.72. The van der Waals surface area contributed by atoms with Crippen LogP contribution in [-0.4, -0.2) is 0 Å². The van der Waals surface area contributed by atoms with Crippen molar-refractivity contribution in [3.63, 3.8) is 0 Å². The minimum atomic E-state index is -0.0147. The predicted molar refractivity (Wildman–Crippen MR) is 65.5 cm³/mol. The van der Waals surface area contributed by atoms with Crippen LogP contribution in [0.3, 0.4) is 0 Å². The Morgan fingerprint density at radius 3 is 2.79 bits per heavy atom. The molecule has 0 saturated carbocycles. The molecule has 0 spiro atoms. The van der Waals surface area contributed by atoms with Gasteiger partial charge in [-0.25, -0.2) is 0 Å². The molecule has 1 rings (SSSR count). The van der Waals surface area contributed by atoms with E-state index in [9.17, 15) is 0 Å². The molecular formula is C11H13BrClN. The molecule has 0 saturated heterocycles. The minimum absolute atomic E-state index is 0.0147. The second-order valence-electron chi connectivity index (χ2n) is 3.43. The third-order valence-corrected chi connectivity index (χ3v) is 2.85. The van der Waals surface area contributed by atoms with Crippen LogP contribution in [0.15, 0.2) is 34.8 Å². The molecule has 0 fully saturated rings. The molecule has 1 unspecified atom stereocenters. The Morgan fingerprint density at radius 2 is 2.29 bits per heavy atom. The van der Waals surface area contributed by atoms with Gasteiger partial charge in [-0.05, 0) is 31.0 Å². The molecule has 0 heterocycles. The second kappa shape index (κ2) is 4.96. The van der Waals surface area contributed by atoms with Crippen LogP contribution in [0.25, 0.3) is 0 Å². The fourth-order valence-corrected chi connectivity index (χ4v) is 2.26. The fourth-order valence-electron chi connectivity index (χ4n) is 1.29. The zero-order valence-corrected chi connectivity index (χ0v) is 10.4. The van der Waals surface area contributed by atoms with Gasteiger partial charge in [0.2, 0.25) is 0 Å². The molecular weight excluding hydrogens is 261 g/mol. The van der Waals surface area contributed by atoms with Crippen molar-refractivity contribution in [2.24, 2.45) is 5.73 Å². The first-order valence-corrected chi connectivity index (χ1v) is 5.52. The summed E-state index contributed by atoms with van der Waals surface area (Å²) >= 11 is 9.28. The maximum absolute atomic E-state index is 6.01.